The molecule has 1 aromatic heterocycles. The SMILES string of the molecule is CCN(c1nc(C(=O)O)cs1)C1c2ccccc2N(C(=O)OCc2ccccc2)C2CCCC12. The van der Waals surface area contributed by atoms with E-state index in [0.717, 1.165) is 36.1 Å². The number of carboxylic acids is 1. The molecule has 176 valence electrons. The predicted molar refractivity (Wildman–Crippen MR) is 132 cm³/mol. The van der Waals surface area contributed by atoms with Gasteiger partial charge < -0.3 is 14.7 Å². The number of para-hydroxylation sites is 1. The molecule has 0 saturated heterocycles. The number of hydrogen-bond donors (Lipinski definition) is 1. The Kier molecular flexibility index (Phi) is 6.24. The number of fused-ring (bicyclic) bond motifs is 2. The van der Waals surface area contributed by atoms with Crippen LogP contribution in [-0.4, -0.2) is 34.7 Å². The Balaban J connectivity index is 1.49. The highest BCUT2D eigenvalue weighted by Crippen LogP contribution is 2.51. The zero-order valence-electron chi connectivity index (χ0n) is 19.0. The third kappa shape index (κ3) is 4.03. The first kappa shape index (κ1) is 22.4. The van der Waals surface area contributed by atoms with E-state index in [9.17, 15) is 14.7 Å². The van der Waals surface area contributed by atoms with Crippen molar-refractivity contribution in [3.8, 4) is 0 Å². The highest BCUT2D eigenvalue weighted by Gasteiger charge is 2.48. The number of ether oxygens (including phenoxy) is 1. The summed E-state index contributed by atoms with van der Waals surface area (Å²) in [6.45, 7) is 2.99. The van der Waals surface area contributed by atoms with E-state index in [0.29, 0.717) is 11.7 Å². The fourth-order valence-electron chi connectivity index (χ4n) is 5.39. The Hall–Kier alpha value is -3.39. The number of anilines is 2. The van der Waals surface area contributed by atoms with Crippen molar-refractivity contribution < 1.29 is 19.4 Å². The Bertz CT molecular complexity index is 1180. The van der Waals surface area contributed by atoms with Crippen molar-refractivity contribution in [1.82, 2.24) is 4.98 Å². The highest BCUT2D eigenvalue weighted by molar-refractivity contribution is 7.13. The van der Waals surface area contributed by atoms with Crippen LogP contribution in [0.5, 0.6) is 0 Å². The Morgan fingerprint density at radius 1 is 1.15 bits per heavy atom. The lowest BCUT2D eigenvalue weighted by Crippen LogP contribution is -2.51. The second kappa shape index (κ2) is 9.46. The molecule has 3 atom stereocenters. The molecular weight excluding hydrogens is 450 g/mol. The van der Waals surface area contributed by atoms with Crippen LogP contribution in [-0.2, 0) is 11.3 Å². The summed E-state index contributed by atoms with van der Waals surface area (Å²) in [5, 5.41) is 11.7. The predicted octanol–water partition coefficient (Wildman–Crippen LogP) is 5.73. The summed E-state index contributed by atoms with van der Waals surface area (Å²) < 4.78 is 5.77. The maximum absolute atomic E-state index is 13.4. The molecule has 2 heterocycles. The molecular formula is C26H27N3O4S. The number of amides is 1. The van der Waals surface area contributed by atoms with Crippen molar-refractivity contribution in [2.24, 2.45) is 5.92 Å². The van der Waals surface area contributed by atoms with E-state index in [4.69, 9.17) is 4.74 Å². The van der Waals surface area contributed by atoms with E-state index in [1.54, 1.807) is 5.38 Å². The Labute approximate surface area is 202 Å². The van der Waals surface area contributed by atoms with E-state index in [2.05, 4.69) is 22.9 Å². The monoisotopic (exact) mass is 477 g/mol. The quantitative estimate of drug-likeness (QED) is 0.488. The van der Waals surface area contributed by atoms with Crippen molar-refractivity contribution in [3.05, 3.63) is 76.8 Å². The first-order valence-corrected chi connectivity index (χ1v) is 12.5. The molecule has 1 aliphatic heterocycles. The van der Waals surface area contributed by atoms with Gasteiger partial charge in [-0.25, -0.2) is 14.6 Å². The summed E-state index contributed by atoms with van der Waals surface area (Å²) in [4.78, 5) is 33.3. The van der Waals surface area contributed by atoms with E-state index in [1.165, 1.54) is 11.3 Å². The minimum atomic E-state index is -1.02. The van der Waals surface area contributed by atoms with Crippen molar-refractivity contribution >= 4 is 34.2 Å². The van der Waals surface area contributed by atoms with Gasteiger partial charge in [-0.15, -0.1) is 11.3 Å². The number of thiazole rings is 1. The normalized spacial score (nSPS) is 21.0. The second-order valence-electron chi connectivity index (χ2n) is 8.68. The summed E-state index contributed by atoms with van der Waals surface area (Å²) >= 11 is 1.35. The topological polar surface area (TPSA) is 83.0 Å². The fourth-order valence-corrected chi connectivity index (χ4v) is 6.29. The van der Waals surface area contributed by atoms with Crippen LogP contribution in [0.1, 0.15) is 53.8 Å². The average molecular weight is 478 g/mol. The van der Waals surface area contributed by atoms with Crippen molar-refractivity contribution in [1.29, 1.82) is 0 Å². The number of carboxylic acid groups (broad SMARTS) is 1. The van der Waals surface area contributed by atoms with Crippen molar-refractivity contribution in [3.63, 3.8) is 0 Å². The van der Waals surface area contributed by atoms with Crippen LogP contribution in [0, 0.1) is 5.92 Å². The van der Waals surface area contributed by atoms with Crippen LogP contribution in [0.4, 0.5) is 15.6 Å². The number of aromatic nitrogens is 1. The van der Waals surface area contributed by atoms with Gasteiger partial charge in [-0.3, -0.25) is 4.90 Å². The second-order valence-corrected chi connectivity index (χ2v) is 9.52. The molecule has 7 nitrogen and oxygen atoms in total. The maximum Gasteiger partial charge on any atom is 0.414 e. The smallest absolute Gasteiger partial charge is 0.414 e. The average Bonchev–Trinajstić information content (AvgIpc) is 3.54. The summed E-state index contributed by atoms with van der Waals surface area (Å²) in [5.74, 6) is -0.815. The zero-order chi connectivity index (χ0) is 23.7. The summed E-state index contributed by atoms with van der Waals surface area (Å²) in [6.07, 6.45) is 2.60. The zero-order valence-corrected chi connectivity index (χ0v) is 19.8. The largest absolute Gasteiger partial charge is 0.476 e. The van der Waals surface area contributed by atoms with Gasteiger partial charge in [0.15, 0.2) is 10.8 Å². The van der Waals surface area contributed by atoms with Crippen LogP contribution in [0.2, 0.25) is 0 Å². The molecule has 2 aromatic carbocycles. The third-order valence-electron chi connectivity index (χ3n) is 6.82. The first-order chi connectivity index (χ1) is 16.6. The van der Waals surface area contributed by atoms with Gasteiger partial charge in [-0.2, -0.15) is 0 Å². The van der Waals surface area contributed by atoms with Gasteiger partial charge in [0.1, 0.15) is 6.61 Å². The minimum absolute atomic E-state index is 0.0136. The first-order valence-electron chi connectivity index (χ1n) is 11.6. The molecule has 34 heavy (non-hydrogen) atoms. The van der Waals surface area contributed by atoms with Gasteiger partial charge in [0, 0.05) is 23.9 Å². The van der Waals surface area contributed by atoms with Gasteiger partial charge in [-0.05, 0) is 37.0 Å². The van der Waals surface area contributed by atoms with Gasteiger partial charge in [0.2, 0.25) is 0 Å². The fraction of sp³-hybridized carbons (Fsp3) is 0.346. The van der Waals surface area contributed by atoms with E-state index >= 15 is 0 Å². The maximum atomic E-state index is 13.4. The number of benzene rings is 2. The van der Waals surface area contributed by atoms with Crippen LogP contribution in [0.15, 0.2) is 60.0 Å². The lowest BCUT2D eigenvalue weighted by Gasteiger charge is -2.46. The minimum Gasteiger partial charge on any atom is -0.476 e. The van der Waals surface area contributed by atoms with Crippen LogP contribution >= 0.6 is 11.3 Å². The molecule has 3 unspecified atom stereocenters. The lowest BCUT2D eigenvalue weighted by molar-refractivity contribution is 0.0691. The number of aromatic carboxylic acids is 1. The summed E-state index contributed by atoms with van der Waals surface area (Å²) in [5.41, 5.74) is 2.94. The molecule has 0 spiro atoms. The summed E-state index contributed by atoms with van der Waals surface area (Å²) in [7, 11) is 0. The lowest BCUT2D eigenvalue weighted by atomic mass is 9.82. The van der Waals surface area contributed by atoms with Gasteiger partial charge in [-0.1, -0.05) is 55.0 Å². The number of carbonyl (C=O) groups is 2. The standard InChI is InChI=1S/C26H27N3O4S/c1-2-28(25-27-20(16-34-25)24(30)31)23-18-11-6-7-13-21(18)29(22-14-8-12-19(22)23)26(32)33-15-17-9-4-3-5-10-17/h3-7,9-11,13,16,19,22-23H,2,8,12,14-15H2,1H3,(H,30,31). The van der Waals surface area contributed by atoms with Gasteiger partial charge >= 0.3 is 12.1 Å². The van der Waals surface area contributed by atoms with Crippen LogP contribution in [0.25, 0.3) is 0 Å². The van der Waals surface area contributed by atoms with Gasteiger partial charge in [0.05, 0.1) is 11.7 Å². The molecule has 3 aromatic rings. The van der Waals surface area contributed by atoms with E-state index in [-0.39, 0.29) is 36.4 Å². The molecule has 1 saturated carbocycles. The Morgan fingerprint density at radius 3 is 2.65 bits per heavy atom. The van der Waals surface area contributed by atoms with Gasteiger partial charge in [0.25, 0.3) is 0 Å². The van der Waals surface area contributed by atoms with Crippen molar-refractivity contribution in [2.45, 2.75) is 44.9 Å². The molecule has 1 fully saturated rings. The van der Waals surface area contributed by atoms with Crippen LogP contribution < -0.4 is 9.80 Å². The molecule has 8 heteroatoms. The third-order valence-corrected chi connectivity index (χ3v) is 7.70. The highest BCUT2D eigenvalue weighted by atomic mass is 32.1. The Morgan fingerprint density at radius 2 is 1.91 bits per heavy atom. The molecule has 1 aliphatic carbocycles. The molecule has 5 rings (SSSR count). The number of hydrogen-bond acceptors (Lipinski definition) is 6. The molecule has 0 radical (unpaired) electrons. The molecule has 1 amide bonds. The molecule has 1 N–H and O–H groups in total. The molecule has 0 bridgehead atoms. The number of nitrogens with zero attached hydrogens (tertiary/aromatic N) is 3. The van der Waals surface area contributed by atoms with E-state index < -0.39 is 5.97 Å². The molecule has 2 aliphatic rings. The number of carbonyl (C=O) groups excluding carboxylic acids is 1. The summed E-state index contributed by atoms with van der Waals surface area (Å²) in [6, 6.07) is 17.7. The van der Waals surface area contributed by atoms with Crippen LogP contribution in [0.3, 0.4) is 0 Å². The number of rotatable bonds is 6. The van der Waals surface area contributed by atoms with E-state index in [1.807, 2.05) is 53.4 Å². The van der Waals surface area contributed by atoms with Crippen molar-refractivity contribution in [2.75, 3.05) is 16.3 Å².